The molecule has 0 aromatic heterocycles. The van der Waals surface area contributed by atoms with Gasteiger partial charge in [0.2, 0.25) is 0 Å². The fourth-order valence-corrected chi connectivity index (χ4v) is 1.91. The Morgan fingerprint density at radius 3 is 2.55 bits per heavy atom. The van der Waals surface area contributed by atoms with E-state index in [1.165, 1.54) is 26.2 Å². The number of nitrogens with one attached hydrogen (secondary N) is 2. The Bertz CT molecular complexity index is 131. The van der Waals surface area contributed by atoms with E-state index < -0.39 is 0 Å². The molecule has 11 heavy (non-hydrogen) atoms. The molecule has 0 amide bonds. The van der Waals surface area contributed by atoms with E-state index in [0.29, 0.717) is 0 Å². The van der Waals surface area contributed by atoms with Gasteiger partial charge in [0, 0.05) is 44.8 Å². The van der Waals surface area contributed by atoms with Crippen molar-refractivity contribution in [1.82, 2.24) is 15.5 Å². The highest BCUT2D eigenvalue weighted by molar-refractivity contribution is 4.89. The van der Waals surface area contributed by atoms with Gasteiger partial charge in [-0.05, 0) is 6.92 Å². The summed E-state index contributed by atoms with van der Waals surface area (Å²) in [4.78, 5) is 2.62. The molecule has 0 aliphatic carbocycles. The summed E-state index contributed by atoms with van der Waals surface area (Å²) in [6, 6.07) is 1.56. The molecule has 0 unspecified atom stereocenters. The van der Waals surface area contributed by atoms with Crippen LogP contribution >= 0.6 is 0 Å². The van der Waals surface area contributed by atoms with E-state index in [1.807, 2.05) is 0 Å². The number of rotatable bonds is 1. The van der Waals surface area contributed by atoms with Crippen LogP contribution in [0.25, 0.3) is 0 Å². The molecule has 2 N–H and O–H groups in total. The molecular weight excluding hydrogens is 138 g/mol. The second-order valence-corrected chi connectivity index (χ2v) is 3.60. The van der Waals surface area contributed by atoms with Gasteiger partial charge in [0.25, 0.3) is 0 Å². The molecule has 0 spiro atoms. The monoisotopic (exact) mass is 155 g/mol. The first-order chi connectivity index (χ1) is 5.38. The predicted molar refractivity (Wildman–Crippen MR) is 45.7 cm³/mol. The van der Waals surface area contributed by atoms with Gasteiger partial charge >= 0.3 is 0 Å². The van der Waals surface area contributed by atoms with Gasteiger partial charge in [0.05, 0.1) is 0 Å². The summed E-state index contributed by atoms with van der Waals surface area (Å²) in [5.41, 5.74) is 0. The highest BCUT2D eigenvalue weighted by Gasteiger charge is 2.29. The maximum atomic E-state index is 3.41. The zero-order valence-electron chi connectivity index (χ0n) is 7.14. The van der Waals surface area contributed by atoms with Gasteiger partial charge in [0.15, 0.2) is 0 Å². The predicted octanol–water partition coefficient (Wildman–Crippen LogP) is -0.748. The van der Waals surface area contributed by atoms with Crippen LogP contribution in [0.1, 0.15) is 6.92 Å². The minimum absolute atomic E-state index is 0.732. The molecule has 2 aliphatic heterocycles. The zero-order valence-corrected chi connectivity index (χ0v) is 7.14. The first-order valence-corrected chi connectivity index (χ1v) is 4.55. The second kappa shape index (κ2) is 3.09. The summed E-state index contributed by atoms with van der Waals surface area (Å²) in [7, 11) is 0. The van der Waals surface area contributed by atoms with E-state index in [-0.39, 0.29) is 0 Å². The van der Waals surface area contributed by atoms with Gasteiger partial charge in [-0.25, -0.2) is 0 Å². The molecule has 0 aromatic rings. The Kier molecular flexibility index (Phi) is 2.11. The van der Waals surface area contributed by atoms with E-state index in [9.17, 15) is 0 Å². The fourth-order valence-electron chi connectivity index (χ4n) is 1.91. The fraction of sp³-hybridized carbons (Fsp3) is 1.00. The van der Waals surface area contributed by atoms with Crippen molar-refractivity contribution >= 4 is 0 Å². The lowest BCUT2D eigenvalue weighted by atomic mass is 10.1. The molecule has 2 heterocycles. The quantitative estimate of drug-likeness (QED) is 0.522. The van der Waals surface area contributed by atoms with Crippen LogP contribution < -0.4 is 10.6 Å². The number of hydrogen-bond acceptors (Lipinski definition) is 3. The van der Waals surface area contributed by atoms with E-state index in [2.05, 4.69) is 22.5 Å². The van der Waals surface area contributed by atoms with Gasteiger partial charge in [0.1, 0.15) is 0 Å². The van der Waals surface area contributed by atoms with E-state index in [4.69, 9.17) is 0 Å². The summed E-state index contributed by atoms with van der Waals surface area (Å²) in [5, 5.41) is 6.72. The van der Waals surface area contributed by atoms with Gasteiger partial charge in [-0.15, -0.1) is 0 Å². The van der Waals surface area contributed by atoms with Crippen molar-refractivity contribution < 1.29 is 0 Å². The molecule has 0 saturated carbocycles. The molecule has 2 saturated heterocycles. The maximum absolute atomic E-state index is 3.41. The molecule has 2 rings (SSSR count). The molecule has 3 heteroatoms. The second-order valence-electron chi connectivity index (χ2n) is 3.60. The third-order valence-corrected chi connectivity index (χ3v) is 2.78. The van der Waals surface area contributed by atoms with Crippen LogP contribution in [0.2, 0.25) is 0 Å². The van der Waals surface area contributed by atoms with Crippen molar-refractivity contribution in [2.75, 3.05) is 32.7 Å². The number of piperazine rings is 1. The molecule has 0 radical (unpaired) electrons. The molecule has 2 aliphatic rings. The Hall–Kier alpha value is -0.120. The Morgan fingerprint density at radius 1 is 1.18 bits per heavy atom. The first-order valence-electron chi connectivity index (χ1n) is 4.55. The number of nitrogens with zero attached hydrogens (tertiary/aromatic N) is 1. The summed E-state index contributed by atoms with van der Waals surface area (Å²) >= 11 is 0. The largest absolute Gasteiger partial charge is 0.314 e. The Balaban J connectivity index is 1.88. The molecule has 2 fully saturated rings. The van der Waals surface area contributed by atoms with E-state index in [1.54, 1.807) is 0 Å². The lowest BCUT2D eigenvalue weighted by molar-refractivity contribution is 0.0833. The molecule has 0 aromatic carbocycles. The van der Waals surface area contributed by atoms with Crippen LogP contribution in [0.5, 0.6) is 0 Å². The highest BCUT2D eigenvalue weighted by atomic mass is 15.3. The average molecular weight is 155 g/mol. The third kappa shape index (κ3) is 1.41. The van der Waals surface area contributed by atoms with Crippen LogP contribution in [0.4, 0.5) is 0 Å². The van der Waals surface area contributed by atoms with Crippen molar-refractivity contribution in [3.05, 3.63) is 0 Å². The van der Waals surface area contributed by atoms with Crippen molar-refractivity contribution in [2.24, 2.45) is 0 Å². The molecule has 3 nitrogen and oxygen atoms in total. The SMILES string of the molecule is C[C@H]1CNCCN1C1CNC1. The zero-order chi connectivity index (χ0) is 7.68. The van der Waals surface area contributed by atoms with Gasteiger partial charge in [-0.3, -0.25) is 4.90 Å². The summed E-state index contributed by atoms with van der Waals surface area (Å²) in [6.45, 7) is 8.27. The highest BCUT2D eigenvalue weighted by Crippen LogP contribution is 2.10. The lowest BCUT2D eigenvalue weighted by Crippen LogP contribution is -2.64. The Labute approximate surface area is 68.1 Å². The third-order valence-electron chi connectivity index (χ3n) is 2.78. The molecule has 64 valence electrons. The smallest absolute Gasteiger partial charge is 0.0349 e. The average Bonchev–Trinajstić information content (AvgIpc) is 1.90. The maximum Gasteiger partial charge on any atom is 0.0349 e. The van der Waals surface area contributed by atoms with Gasteiger partial charge in [-0.1, -0.05) is 0 Å². The van der Waals surface area contributed by atoms with Gasteiger partial charge in [-0.2, -0.15) is 0 Å². The normalized spacial score (nSPS) is 35.2. The summed E-state index contributed by atoms with van der Waals surface area (Å²) in [5.74, 6) is 0. The summed E-state index contributed by atoms with van der Waals surface area (Å²) < 4.78 is 0. The standard InChI is InChI=1S/C8H17N3/c1-7-4-9-2-3-11(7)8-5-10-6-8/h7-10H,2-6H2,1H3/t7-/m0/s1. The lowest BCUT2D eigenvalue weighted by Gasteiger charge is -2.44. The first kappa shape index (κ1) is 7.53. The van der Waals surface area contributed by atoms with Crippen molar-refractivity contribution in [3.8, 4) is 0 Å². The number of hydrogen-bond donors (Lipinski definition) is 2. The van der Waals surface area contributed by atoms with Gasteiger partial charge < -0.3 is 10.6 Å². The molecular formula is C8H17N3. The van der Waals surface area contributed by atoms with Crippen LogP contribution in [0.3, 0.4) is 0 Å². The van der Waals surface area contributed by atoms with Crippen molar-refractivity contribution in [3.63, 3.8) is 0 Å². The van der Waals surface area contributed by atoms with E-state index >= 15 is 0 Å². The van der Waals surface area contributed by atoms with E-state index in [0.717, 1.165) is 18.6 Å². The van der Waals surface area contributed by atoms with Crippen molar-refractivity contribution in [1.29, 1.82) is 0 Å². The van der Waals surface area contributed by atoms with Crippen LogP contribution in [0.15, 0.2) is 0 Å². The molecule has 0 bridgehead atoms. The van der Waals surface area contributed by atoms with Crippen LogP contribution in [-0.4, -0.2) is 49.7 Å². The minimum atomic E-state index is 0.732. The Morgan fingerprint density at radius 2 is 2.00 bits per heavy atom. The topological polar surface area (TPSA) is 27.3 Å². The van der Waals surface area contributed by atoms with Crippen LogP contribution in [0, 0.1) is 0 Å². The van der Waals surface area contributed by atoms with Crippen molar-refractivity contribution in [2.45, 2.75) is 19.0 Å². The minimum Gasteiger partial charge on any atom is -0.314 e. The summed E-state index contributed by atoms with van der Waals surface area (Å²) in [6.07, 6.45) is 0. The van der Waals surface area contributed by atoms with Crippen LogP contribution in [-0.2, 0) is 0 Å². The molecule has 1 atom stereocenters.